The summed E-state index contributed by atoms with van der Waals surface area (Å²) < 4.78 is 20.9. The Bertz CT molecular complexity index is 1060. The predicted octanol–water partition coefficient (Wildman–Crippen LogP) is 4.62. The van der Waals surface area contributed by atoms with Gasteiger partial charge in [-0.1, -0.05) is 36.0 Å². The molecule has 4 rings (SSSR count). The summed E-state index contributed by atoms with van der Waals surface area (Å²) in [5.41, 5.74) is 1.79. The summed E-state index contributed by atoms with van der Waals surface area (Å²) in [6, 6.07) is 10.1. The first-order valence-corrected chi connectivity index (χ1v) is 11.0. The van der Waals surface area contributed by atoms with Gasteiger partial charge in [0.1, 0.15) is 11.9 Å². The van der Waals surface area contributed by atoms with E-state index in [1.54, 1.807) is 41.1 Å². The molecule has 0 saturated heterocycles. The highest BCUT2D eigenvalue weighted by molar-refractivity contribution is 7.98. The van der Waals surface area contributed by atoms with Crippen molar-refractivity contribution >= 4 is 35.0 Å². The number of thioether (sulfide) groups is 1. The molecular formula is C20H19FN4O2S2. The van der Waals surface area contributed by atoms with Crippen LogP contribution < -0.4 is 5.32 Å². The Hall–Kier alpha value is -2.65. The quantitative estimate of drug-likeness (QED) is 0.455. The highest BCUT2D eigenvalue weighted by atomic mass is 32.2. The lowest BCUT2D eigenvalue weighted by Gasteiger charge is -2.26. The third kappa shape index (κ3) is 3.92. The lowest BCUT2D eigenvalue weighted by Crippen LogP contribution is -2.29. The van der Waals surface area contributed by atoms with Crippen LogP contribution in [0.4, 0.5) is 10.3 Å². The summed E-state index contributed by atoms with van der Waals surface area (Å²) >= 11 is 2.89. The molecule has 1 aromatic carbocycles. The Kier molecular flexibility index (Phi) is 5.68. The molecule has 2 aromatic heterocycles. The van der Waals surface area contributed by atoms with E-state index in [4.69, 9.17) is 4.74 Å². The molecule has 1 N–H and O–H groups in total. The maximum Gasteiger partial charge on any atom is 0.338 e. The third-order valence-corrected chi connectivity index (χ3v) is 6.27. The fraction of sp³-hybridized carbons (Fsp3) is 0.250. The molecule has 0 aliphatic carbocycles. The lowest BCUT2D eigenvalue weighted by molar-refractivity contribution is -0.139. The fourth-order valence-corrected chi connectivity index (χ4v) is 4.77. The van der Waals surface area contributed by atoms with Crippen molar-refractivity contribution in [1.29, 1.82) is 0 Å². The number of halogens is 1. The Morgan fingerprint density at radius 3 is 2.90 bits per heavy atom. The normalized spacial score (nSPS) is 15.8. The van der Waals surface area contributed by atoms with Crippen molar-refractivity contribution in [1.82, 2.24) is 14.8 Å². The Morgan fingerprint density at radius 1 is 1.34 bits per heavy atom. The molecule has 150 valence electrons. The average molecular weight is 431 g/mol. The molecule has 1 unspecified atom stereocenters. The Labute approximate surface area is 175 Å². The number of aromatic nitrogens is 3. The van der Waals surface area contributed by atoms with Crippen LogP contribution in [0.5, 0.6) is 0 Å². The molecule has 6 nitrogen and oxygen atoms in total. The number of thiophene rings is 1. The number of nitrogens with zero attached hydrogens (tertiary/aromatic N) is 3. The molecule has 3 heterocycles. The van der Waals surface area contributed by atoms with Gasteiger partial charge in [0.05, 0.1) is 12.2 Å². The van der Waals surface area contributed by atoms with Crippen molar-refractivity contribution in [3.63, 3.8) is 0 Å². The first-order chi connectivity index (χ1) is 14.1. The predicted molar refractivity (Wildman–Crippen MR) is 111 cm³/mol. The van der Waals surface area contributed by atoms with Crippen LogP contribution in [0, 0.1) is 5.82 Å². The number of esters is 1. The molecule has 0 spiro atoms. The Balaban J connectivity index is 1.66. The number of ether oxygens (including phenoxy) is 1. The number of carbonyl (C=O) groups excluding carboxylic acids is 1. The van der Waals surface area contributed by atoms with Gasteiger partial charge in [-0.15, -0.1) is 16.4 Å². The van der Waals surface area contributed by atoms with E-state index >= 15 is 0 Å². The maximum atomic E-state index is 13.9. The van der Waals surface area contributed by atoms with Gasteiger partial charge in [-0.25, -0.2) is 13.9 Å². The van der Waals surface area contributed by atoms with Crippen LogP contribution in [0.25, 0.3) is 0 Å². The van der Waals surface area contributed by atoms with Crippen LogP contribution >= 0.6 is 23.1 Å². The van der Waals surface area contributed by atoms with Crippen molar-refractivity contribution in [2.75, 3.05) is 11.9 Å². The largest absolute Gasteiger partial charge is 0.463 e. The summed E-state index contributed by atoms with van der Waals surface area (Å²) in [5.74, 6) is 0.333. The number of fused-ring (bicyclic) bond motifs is 1. The van der Waals surface area contributed by atoms with Crippen LogP contribution in [0.15, 0.2) is 58.2 Å². The number of hydrogen-bond donors (Lipinski definition) is 1. The third-order valence-electron chi connectivity index (χ3n) is 4.46. The number of rotatable bonds is 6. The molecule has 0 saturated carbocycles. The van der Waals surface area contributed by atoms with Gasteiger partial charge in [0.25, 0.3) is 0 Å². The first kappa shape index (κ1) is 19.7. The minimum Gasteiger partial charge on any atom is -0.463 e. The van der Waals surface area contributed by atoms with Gasteiger partial charge in [0, 0.05) is 16.3 Å². The number of allylic oxidation sites excluding steroid dienone is 1. The topological polar surface area (TPSA) is 69.0 Å². The van der Waals surface area contributed by atoms with Crippen molar-refractivity contribution in [2.45, 2.75) is 30.8 Å². The van der Waals surface area contributed by atoms with Crippen molar-refractivity contribution in [3.05, 3.63) is 69.3 Å². The minimum absolute atomic E-state index is 0.249. The van der Waals surface area contributed by atoms with Gasteiger partial charge in [-0.2, -0.15) is 4.98 Å². The molecule has 9 heteroatoms. The van der Waals surface area contributed by atoms with Crippen molar-refractivity contribution in [3.8, 4) is 0 Å². The first-order valence-electron chi connectivity index (χ1n) is 9.09. The summed E-state index contributed by atoms with van der Waals surface area (Å²) in [5, 5.41) is 10.2. The smallest absolute Gasteiger partial charge is 0.338 e. The minimum atomic E-state index is -0.416. The number of hydrogen-bond acceptors (Lipinski definition) is 7. The molecule has 0 radical (unpaired) electrons. The second-order valence-electron chi connectivity index (χ2n) is 6.34. The molecular weight excluding hydrogens is 411 g/mol. The molecule has 1 aliphatic heterocycles. The highest BCUT2D eigenvalue weighted by Crippen LogP contribution is 2.38. The monoisotopic (exact) mass is 430 g/mol. The standard InChI is InChI=1S/C20H19FN4O2S2/c1-3-27-18(26)16-12(2)22-19-23-20(29-11-13-7-4-5-8-14(13)21)24-25(19)17(16)15-9-6-10-28-15/h4-10,17H,3,11H2,1-2H3,(H,22,23,24). The van der Waals surface area contributed by atoms with Crippen LogP contribution in [0.1, 0.15) is 30.3 Å². The molecule has 0 fully saturated rings. The van der Waals surface area contributed by atoms with E-state index in [1.807, 2.05) is 24.4 Å². The molecule has 0 bridgehead atoms. The maximum absolute atomic E-state index is 13.9. The van der Waals surface area contributed by atoms with Crippen LogP contribution in [0.3, 0.4) is 0 Å². The zero-order valence-corrected chi connectivity index (χ0v) is 17.5. The van der Waals surface area contributed by atoms with E-state index in [1.165, 1.54) is 17.8 Å². The average Bonchev–Trinajstić information content (AvgIpc) is 3.36. The van der Waals surface area contributed by atoms with E-state index in [2.05, 4.69) is 15.4 Å². The molecule has 29 heavy (non-hydrogen) atoms. The zero-order valence-electron chi connectivity index (χ0n) is 15.9. The van der Waals surface area contributed by atoms with Gasteiger partial charge >= 0.3 is 5.97 Å². The van der Waals surface area contributed by atoms with Gasteiger partial charge in [0.15, 0.2) is 0 Å². The number of nitrogens with one attached hydrogen (secondary N) is 1. The fourth-order valence-electron chi connectivity index (χ4n) is 3.13. The van der Waals surface area contributed by atoms with Gasteiger partial charge < -0.3 is 10.1 Å². The molecule has 1 atom stereocenters. The van der Waals surface area contributed by atoms with Gasteiger partial charge in [-0.05, 0) is 36.9 Å². The van der Waals surface area contributed by atoms with E-state index in [9.17, 15) is 9.18 Å². The van der Waals surface area contributed by atoms with Crippen molar-refractivity contribution < 1.29 is 13.9 Å². The summed E-state index contributed by atoms with van der Waals surface area (Å²) in [6.45, 7) is 3.90. The number of benzene rings is 1. The second-order valence-corrected chi connectivity index (χ2v) is 8.27. The van der Waals surface area contributed by atoms with E-state index < -0.39 is 6.04 Å². The van der Waals surface area contributed by atoms with E-state index in [0.29, 0.717) is 40.3 Å². The van der Waals surface area contributed by atoms with Crippen LogP contribution in [0.2, 0.25) is 0 Å². The highest BCUT2D eigenvalue weighted by Gasteiger charge is 2.35. The SMILES string of the molecule is CCOC(=O)C1=C(C)Nc2nc(SCc3ccccc3F)nn2C1c1cccs1. The van der Waals surface area contributed by atoms with Crippen LogP contribution in [-0.2, 0) is 15.3 Å². The second kappa shape index (κ2) is 8.38. The van der Waals surface area contributed by atoms with Gasteiger partial charge in [0.2, 0.25) is 11.1 Å². The Morgan fingerprint density at radius 2 is 2.17 bits per heavy atom. The molecule has 1 aliphatic rings. The van der Waals surface area contributed by atoms with Crippen molar-refractivity contribution in [2.24, 2.45) is 0 Å². The van der Waals surface area contributed by atoms with Gasteiger partial charge in [-0.3, -0.25) is 0 Å². The van der Waals surface area contributed by atoms with E-state index in [-0.39, 0.29) is 11.8 Å². The molecule has 3 aromatic rings. The zero-order chi connectivity index (χ0) is 20.4. The van der Waals surface area contributed by atoms with E-state index in [0.717, 1.165) is 4.88 Å². The van der Waals surface area contributed by atoms with Crippen LogP contribution in [-0.4, -0.2) is 27.3 Å². The summed E-state index contributed by atoms with van der Waals surface area (Å²) in [7, 11) is 0. The number of carbonyl (C=O) groups is 1. The molecule has 0 amide bonds. The number of anilines is 1. The summed E-state index contributed by atoms with van der Waals surface area (Å²) in [6.07, 6.45) is 0. The summed E-state index contributed by atoms with van der Waals surface area (Å²) in [4.78, 5) is 18.2. The lowest BCUT2D eigenvalue weighted by atomic mass is 10.0.